The molecule has 0 amide bonds. The Bertz CT molecular complexity index is 519. The van der Waals surface area contributed by atoms with Gasteiger partial charge in [0.25, 0.3) is 0 Å². The number of alkyl halides is 3. The maximum absolute atomic E-state index is 12.2. The van der Waals surface area contributed by atoms with Crippen LogP contribution in [0, 0.1) is 0 Å². The molecule has 0 bridgehead atoms. The second-order valence-electron chi connectivity index (χ2n) is 3.43. The molecule has 0 radical (unpaired) electrons. The normalized spacial score (nSPS) is 11.8. The first-order chi connectivity index (χ1) is 8.45. The zero-order chi connectivity index (χ0) is 13.2. The number of halogens is 3. The van der Waals surface area contributed by atoms with Crippen molar-refractivity contribution in [3.05, 3.63) is 18.0 Å². The van der Waals surface area contributed by atoms with Crippen molar-refractivity contribution >= 4 is 16.7 Å². The van der Waals surface area contributed by atoms with E-state index in [0.29, 0.717) is 30.3 Å². The number of aryl methyl sites for hydroxylation is 1. The molecule has 0 saturated heterocycles. The third kappa shape index (κ3) is 3.15. The highest BCUT2D eigenvalue weighted by Crippen LogP contribution is 2.28. The van der Waals surface area contributed by atoms with Crippen molar-refractivity contribution in [1.29, 1.82) is 0 Å². The van der Waals surface area contributed by atoms with E-state index in [1.165, 1.54) is 0 Å². The number of hydrogen-bond donors (Lipinski definition) is 1. The fourth-order valence-electron chi connectivity index (χ4n) is 1.19. The van der Waals surface area contributed by atoms with Gasteiger partial charge >= 0.3 is 6.18 Å². The van der Waals surface area contributed by atoms with Crippen molar-refractivity contribution in [2.45, 2.75) is 12.6 Å². The van der Waals surface area contributed by atoms with Crippen molar-refractivity contribution < 1.29 is 13.2 Å². The molecule has 98 valence electrons. The molecule has 0 aromatic carbocycles. The number of nitrogens with one attached hydrogen (secondary N) is 1. The van der Waals surface area contributed by atoms with Crippen LogP contribution in [0.3, 0.4) is 0 Å². The SMILES string of the molecule is Cn1cnc(CCNc2nc(C(F)(F)F)ns2)n1. The van der Waals surface area contributed by atoms with E-state index in [0.717, 1.165) is 0 Å². The molecule has 10 heteroatoms. The van der Waals surface area contributed by atoms with Crippen LogP contribution in [-0.2, 0) is 19.6 Å². The molecule has 2 aromatic heterocycles. The van der Waals surface area contributed by atoms with Crippen molar-refractivity contribution in [3.8, 4) is 0 Å². The van der Waals surface area contributed by atoms with Gasteiger partial charge in [-0.25, -0.2) is 4.98 Å². The zero-order valence-corrected chi connectivity index (χ0v) is 10.1. The molecular weight excluding hydrogens is 269 g/mol. The molecule has 6 nitrogen and oxygen atoms in total. The summed E-state index contributed by atoms with van der Waals surface area (Å²) in [7, 11) is 1.74. The first kappa shape index (κ1) is 12.7. The molecule has 0 saturated carbocycles. The lowest BCUT2D eigenvalue weighted by molar-refractivity contribution is -0.144. The van der Waals surface area contributed by atoms with E-state index in [1.54, 1.807) is 18.1 Å². The van der Waals surface area contributed by atoms with E-state index in [9.17, 15) is 13.2 Å². The third-order valence-electron chi connectivity index (χ3n) is 1.95. The Kier molecular flexibility index (Phi) is 3.45. The highest BCUT2D eigenvalue weighted by Gasteiger charge is 2.36. The number of rotatable bonds is 4. The second-order valence-corrected chi connectivity index (χ2v) is 4.18. The van der Waals surface area contributed by atoms with Gasteiger partial charge in [-0.05, 0) is 0 Å². The van der Waals surface area contributed by atoms with Crippen LogP contribution in [0.2, 0.25) is 0 Å². The van der Waals surface area contributed by atoms with Gasteiger partial charge in [0.2, 0.25) is 11.0 Å². The van der Waals surface area contributed by atoms with E-state index in [-0.39, 0.29) is 5.13 Å². The van der Waals surface area contributed by atoms with Crippen LogP contribution < -0.4 is 5.32 Å². The lowest BCUT2D eigenvalue weighted by atomic mass is 10.4. The number of anilines is 1. The summed E-state index contributed by atoms with van der Waals surface area (Å²) in [6, 6.07) is 0. The molecule has 0 atom stereocenters. The topological polar surface area (TPSA) is 68.5 Å². The summed E-state index contributed by atoms with van der Waals surface area (Å²) in [5.41, 5.74) is 0. The Morgan fingerprint density at radius 2 is 2.22 bits per heavy atom. The van der Waals surface area contributed by atoms with Crippen LogP contribution in [-0.4, -0.2) is 30.7 Å². The molecule has 0 spiro atoms. The molecule has 0 aliphatic carbocycles. The Labute approximate surface area is 104 Å². The first-order valence-corrected chi connectivity index (χ1v) is 5.72. The fraction of sp³-hybridized carbons (Fsp3) is 0.500. The molecule has 0 aliphatic rings. The molecule has 0 unspecified atom stereocenters. The summed E-state index contributed by atoms with van der Waals surface area (Å²) in [6.07, 6.45) is -2.44. The molecule has 2 rings (SSSR count). The van der Waals surface area contributed by atoms with Crippen LogP contribution in [0.15, 0.2) is 6.33 Å². The van der Waals surface area contributed by atoms with Gasteiger partial charge < -0.3 is 5.32 Å². The van der Waals surface area contributed by atoms with Gasteiger partial charge in [-0.1, -0.05) is 0 Å². The van der Waals surface area contributed by atoms with E-state index >= 15 is 0 Å². The van der Waals surface area contributed by atoms with Crippen molar-refractivity contribution in [1.82, 2.24) is 24.1 Å². The largest absolute Gasteiger partial charge is 0.452 e. The lowest BCUT2D eigenvalue weighted by Gasteiger charge is -1.99. The highest BCUT2D eigenvalue weighted by atomic mass is 32.1. The molecular formula is C8H9F3N6S. The van der Waals surface area contributed by atoms with Crippen LogP contribution in [0.5, 0.6) is 0 Å². The summed E-state index contributed by atoms with van der Waals surface area (Å²) in [5, 5.41) is 6.93. The fourth-order valence-corrected chi connectivity index (χ4v) is 1.80. The van der Waals surface area contributed by atoms with Crippen molar-refractivity contribution in [3.63, 3.8) is 0 Å². The summed E-state index contributed by atoms with van der Waals surface area (Å²) in [4.78, 5) is 7.33. The molecule has 1 N–H and O–H groups in total. The van der Waals surface area contributed by atoms with Crippen molar-refractivity contribution in [2.24, 2.45) is 7.05 Å². The van der Waals surface area contributed by atoms with Crippen LogP contribution >= 0.6 is 11.5 Å². The van der Waals surface area contributed by atoms with Gasteiger partial charge in [0.15, 0.2) is 5.82 Å². The van der Waals surface area contributed by atoms with Crippen LogP contribution in [0.1, 0.15) is 11.6 Å². The van der Waals surface area contributed by atoms with Gasteiger partial charge in [-0.3, -0.25) is 4.68 Å². The average molecular weight is 278 g/mol. The smallest absolute Gasteiger partial charge is 0.360 e. The molecule has 0 fully saturated rings. The standard InChI is InChI=1S/C8H9F3N6S/c1-17-4-13-5(15-17)2-3-12-7-14-6(16-18-7)8(9,10)11/h4H,2-3H2,1H3,(H,12,14,16). The minimum atomic E-state index is -4.50. The van der Waals surface area contributed by atoms with Crippen molar-refractivity contribution in [2.75, 3.05) is 11.9 Å². The molecule has 2 aromatic rings. The minimum absolute atomic E-state index is 0.137. The Hall–Kier alpha value is -1.71. The van der Waals surface area contributed by atoms with Gasteiger partial charge in [0.1, 0.15) is 6.33 Å². The van der Waals surface area contributed by atoms with Gasteiger partial charge in [-0.2, -0.15) is 27.6 Å². The van der Waals surface area contributed by atoms with Gasteiger partial charge in [0, 0.05) is 31.5 Å². The van der Waals surface area contributed by atoms with E-state index in [2.05, 4.69) is 24.8 Å². The van der Waals surface area contributed by atoms with Crippen LogP contribution in [0.4, 0.5) is 18.3 Å². The van der Waals surface area contributed by atoms with E-state index < -0.39 is 12.0 Å². The Morgan fingerprint density at radius 1 is 1.44 bits per heavy atom. The number of hydrogen-bond acceptors (Lipinski definition) is 6. The summed E-state index contributed by atoms with van der Waals surface area (Å²) in [6.45, 7) is 0.399. The van der Waals surface area contributed by atoms with E-state index in [1.807, 2.05) is 0 Å². The van der Waals surface area contributed by atoms with Crippen LogP contribution in [0.25, 0.3) is 0 Å². The highest BCUT2D eigenvalue weighted by molar-refractivity contribution is 7.09. The molecule has 18 heavy (non-hydrogen) atoms. The molecule has 2 heterocycles. The predicted octanol–water partition coefficient (Wildman–Crippen LogP) is 1.34. The number of aromatic nitrogens is 5. The van der Waals surface area contributed by atoms with E-state index in [4.69, 9.17) is 0 Å². The van der Waals surface area contributed by atoms with Gasteiger partial charge in [-0.15, -0.1) is 0 Å². The summed E-state index contributed by atoms with van der Waals surface area (Å²) < 4.78 is 41.4. The summed E-state index contributed by atoms with van der Waals surface area (Å²) >= 11 is 0.679. The Balaban J connectivity index is 1.85. The molecule has 0 aliphatic heterocycles. The maximum atomic E-state index is 12.2. The lowest BCUT2D eigenvalue weighted by Crippen LogP contribution is -2.09. The third-order valence-corrected chi connectivity index (χ3v) is 2.62. The Morgan fingerprint density at radius 3 is 2.78 bits per heavy atom. The quantitative estimate of drug-likeness (QED) is 0.914. The predicted molar refractivity (Wildman–Crippen MR) is 58.1 cm³/mol. The average Bonchev–Trinajstić information content (AvgIpc) is 2.87. The minimum Gasteiger partial charge on any atom is -0.360 e. The zero-order valence-electron chi connectivity index (χ0n) is 9.27. The van der Waals surface area contributed by atoms with Gasteiger partial charge in [0.05, 0.1) is 0 Å². The maximum Gasteiger partial charge on any atom is 0.452 e. The first-order valence-electron chi connectivity index (χ1n) is 4.94. The number of nitrogens with zero attached hydrogens (tertiary/aromatic N) is 5. The second kappa shape index (κ2) is 4.88. The monoisotopic (exact) mass is 278 g/mol. The summed E-state index contributed by atoms with van der Waals surface area (Å²) in [5.74, 6) is -0.503.